The van der Waals surface area contributed by atoms with E-state index in [9.17, 15) is 9.59 Å². The van der Waals surface area contributed by atoms with Crippen molar-refractivity contribution in [2.45, 2.75) is 45.4 Å². The number of hydrogen-bond acceptors (Lipinski definition) is 2. The molecule has 0 bridgehead atoms. The average molecular weight is 351 g/mol. The van der Waals surface area contributed by atoms with Gasteiger partial charge in [-0.25, -0.2) is 0 Å². The molecule has 0 spiro atoms. The molecule has 1 aliphatic heterocycles. The zero-order valence-corrected chi connectivity index (χ0v) is 15.1. The van der Waals surface area contributed by atoms with Gasteiger partial charge in [0.2, 0.25) is 11.8 Å². The minimum atomic E-state index is 0.0274. The molecule has 0 unspecified atom stereocenters. The van der Waals surface area contributed by atoms with Crippen LogP contribution >= 0.6 is 11.6 Å². The summed E-state index contributed by atoms with van der Waals surface area (Å²) < 4.78 is 0. The zero-order valence-electron chi connectivity index (χ0n) is 14.4. The number of amides is 2. The van der Waals surface area contributed by atoms with E-state index in [4.69, 9.17) is 11.6 Å². The Balaban J connectivity index is 1.68. The minimum Gasteiger partial charge on any atom is -0.356 e. The number of hydrogen-bond donors (Lipinski definition) is 1. The van der Waals surface area contributed by atoms with Gasteiger partial charge in [0, 0.05) is 37.0 Å². The highest BCUT2D eigenvalue weighted by atomic mass is 35.5. The molecule has 1 fully saturated rings. The van der Waals surface area contributed by atoms with E-state index in [1.807, 2.05) is 29.2 Å². The lowest BCUT2D eigenvalue weighted by Crippen LogP contribution is -2.43. The fraction of sp³-hybridized carbons (Fsp3) is 0.579. The molecule has 1 aliphatic rings. The lowest BCUT2D eigenvalue weighted by Gasteiger charge is -2.31. The number of benzene rings is 1. The van der Waals surface area contributed by atoms with Crippen molar-refractivity contribution >= 4 is 23.4 Å². The predicted octanol–water partition coefficient (Wildman–Crippen LogP) is 3.43. The Bertz CT molecular complexity index is 554. The van der Waals surface area contributed by atoms with Crippen molar-refractivity contribution in [2.24, 2.45) is 5.92 Å². The highest BCUT2D eigenvalue weighted by Gasteiger charge is 2.26. The molecule has 1 aromatic carbocycles. The van der Waals surface area contributed by atoms with Gasteiger partial charge in [0.25, 0.3) is 0 Å². The summed E-state index contributed by atoms with van der Waals surface area (Å²) in [5, 5.41) is 3.73. The molecule has 1 aromatic rings. The van der Waals surface area contributed by atoms with E-state index in [1.54, 1.807) is 0 Å². The summed E-state index contributed by atoms with van der Waals surface area (Å²) in [7, 11) is 0. The van der Waals surface area contributed by atoms with Crippen LogP contribution in [0.15, 0.2) is 24.3 Å². The molecule has 0 aliphatic carbocycles. The van der Waals surface area contributed by atoms with Crippen molar-refractivity contribution in [3.8, 4) is 0 Å². The first-order chi connectivity index (χ1) is 11.6. The molecule has 5 heteroatoms. The lowest BCUT2D eigenvalue weighted by molar-refractivity contribution is -0.135. The molecule has 24 heavy (non-hydrogen) atoms. The summed E-state index contributed by atoms with van der Waals surface area (Å²) in [6, 6.07) is 7.70. The molecule has 2 amide bonds. The van der Waals surface area contributed by atoms with Crippen LogP contribution in [0.5, 0.6) is 0 Å². The largest absolute Gasteiger partial charge is 0.356 e. The number of rotatable bonds is 7. The third-order valence-electron chi connectivity index (χ3n) is 4.56. The van der Waals surface area contributed by atoms with Crippen molar-refractivity contribution in [3.63, 3.8) is 0 Å². The summed E-state index contributed by atoms with van der Waals surface area (Å²) in [5.74, 6) is 0.369. The van der Waals surface area contributed by atoms with Crippen LogP contribution < -0.4 is 5.32 Å². The molecular weight excluding hydrogens is 324 g/mol. The van der Waals surface area contributed by atoms with E-state index >= 15 is 0 Å². The van der Waals surface area contributed by atoms with Gasteiger partial charge in [-0.3, -0.25) is 9.59 Å². The van der Waals surface area contributed by atoms with E-state index in [-0.39, 0.29) is 17.7 Å². The van der Waals surface area contributed by atoms with Crippen molar-refractivity contribution in [3.05, 3.63) is 34.9 Å². The van der Waals surface area contributed by atoms with Crippen LogP contribution in [-0.2, 0) is 16.0 Å². The molecule has 4 nitrogen and oxygen atoms in total. The third-order valence-corrected chi connectivity index (χ3v) is 4.80. The maximum Gasteiger partial charge on any atom is 0.223 e. The zero-order chi connectivity index (χ0) is 17.4. The molecule has 132 valence electrons. The number of nitrogens with zero attached hydrogens (tertiary/aromatic N) is 1. The van der Waals surface area contributed by atoms with Crippen molar-refractivity contribution in [2.75, 3.05) is 19.6 Å². The highest BCUT2D eigenvalue weighted by molar-refractivity contribution is 6.30. The summed E-state index contributed by atoms with van der Waals surface area (Å²) in [5.41, 5.74) is 1.12. The van der Waals surface area contributed by atoms with E-state index in [2.05, 4.69) is 12.2 Å². The van der Waals surface area contributed by atoms with E-state index in [0.717, 1.165) is 42.7 Å². The number of halogens is 1. The molecule has 1 N–H and O–H groups in total. The van der Waals surface area contributed by atoms with Crippen molar-refractivity contribution < 1.29 is 9.59 Å². The van der Waals surface area contributed by atoms with Gasteiger partial charge in [0.15, 0.2) is 0 Å². The van der Waals surface area contributed by atoms with Crippen LogP contribution in [0.1, 0.15) is 44.6 Å². The molecule has 1 saturated heterocycles. The number of carbonyl (C=O) groups excluding carboxylic acids is 2. The first-order valence-electron chi connectivity index (χ1n) is 8.90. The molecule has 0 radical (unpaired) electrons. The Kier molecular flexibility index (Phi) is 7.57. The van der Waals surface area contributed by atoms with Crippen LogP contribution in [0.4, 0.5) is 0 Å². The molecular formula is C19H27ClN2O2. The first kappa shape index (κ1) is 18.8. The second-order valence-corrected chi connectivity index (χ2v) is 6.87. The second-order valence-electron chi connectivity index (χ2n) is 6.43. The Labute approximate surface area is 149 Å². The van der Waals surface area contributed by atoms with Crippen LogP contribution in [-0.4, -0.2) is 36.3 Å². The van der Waals surface area contributed by atoms with Gasteiger partial charge >= 0.3 is 0 Å². The Morgan fingerprint density at radius 1 is 1.29 bits per heavy atom. The van der Waals surface area contributed by atoms with Crippen molar-refractivity contribution in [1.82, 2.24) is 10.2 Å². The fourth-order valence-corrected chi connectivity index (χ4v) is 3.26. The Hall–Kier alpha value is -1.55. The first-order valence-corrected chi connectivity index (χ1v) is 9.28. The van der Waals surface area contributed by atoms with Crippen LogP contribution in [0, 0.1) is 5.92 Å². The van der Waals surface area contributed by atoms with E-state index in [1.165, 1.54) is 0 Å². The number of likely N-dealkylation sites (tertiary alicyclic amines) is 1. The summed E-state index contributed by atoms with van der Waals surface area (Å²) in [6.07, 6.45) is 4.93. The number of piperidine rings is 1. The topological polar surface area (TPSA) is 49.4 Å². The number of nitrogens with one attached hydrogen (secondary N) is 1. The monoisotopic (exact) mass is 350 g/mol. The second kappa shape index (κ2) is 9.67. The van der Waals surface area contributed by atoms with Gasteiger partial charge in [0.1, 0.15) is 0 Å². The summed E-state index contributed by atoms with van der Waals surface area (Å²) in [4.78, 5) is 26.2. The van der Waals surface area contributed by atoms with Gasteiger partial charge < -0.3 is 10.2 Å². The van der Waals surface area contributed by atoms with Crippen molar-refractivity contribution in [1.29, 1.82) is 0 Å². The van der Waals surface area contributed by atoms with E-state index in [0.29, 0.717) is 26.1 Å². The van der Waals surface area contributed by atoms with E-state index < -0.39 is 0 Å². The Morgan fingerprint density at radius 3 is 2.71 bits per heavy atom. The quantitative estimate of drug-likeness (QED) is 0.819. The molecule has 0 atom stereocenters. The third kappa shape index (κ3) is 5.82. The highest BCUT2D eigenvalue weighted by Crippen LogP contribution is 2.18. The van der Waals surface area contributed by atoms with Crippen LogP contribution in [0.3, 0.4) is 0 Å². The predicted molar refractivity (Wildman–Crippen MR) is 97.0 cm³/mol. The maximum absolute atomic E-state index is 12.3. The maximum atomic E-state index is 12.3. The molecule has 1 heterocycles. The van der Waals surface area contributed by atoms with Gasteiger partial charge in [0.05, 0.1) is 0 Å². The minimum absolute atomic E-state index is 0.0274. The normalized spacial score (nSPS) is 15.3. The standard InChI is InChI=1S/C19H27ClN2O2/c1-2-3-7-18(23)22-12-9-16(10-13-22)19(24)21-11-8-15-5-4-6-17(20)14-15/h4-6,14,16H,2-3,7-13H2,1H3,(H,21,24). The Morgan fingerprint density at radius 2 is 2.04 bits per heavy atom. The van der Waals surface area contributed by atoms with Crippen LogP contribution in [0.25, 0.3) is 0 Å². The van der Waals surface area contributed by atoms with Crippen LogP contribution in [0.2, 0.25) is 5.02 Å². The lowest BCUT2D eigenvalue weighted by atomic mass is 9.95. The SMILES string of the molecule is CCCCC(=O)N1CCC(C(=O)NCCc2cccc(Cl)c2)CC1. The number of unbranched alkanes of at least 4 members (excludes halogenated alkanes) is 1. The average Bonchev–Trinajstić information content (AvgIpc) is 2.60. The van der Waals surface area contributed by atoms with Gasteiger partial charge in [-0.1, -0.05) is 37.1 Å². The molecule has 0 saturated carbocycles. The number of carbonyl (C=O) groups is 2. The summed E-state index contributed by atoms with van der Waals surface area (Å²) in [6.45, 7) is 4.12. The smallest absolute Gasteiger partial charge is 0.223 e. The molecule has 2 rings (SSSR count). The van der Waals surface area contributed by atoms with Gasteiger partial charge in [-0.2, -0.15) is 0 Å². The molecule has 0 aromatic heterocycles. The summed E-state index contributed by atoms with van der Waals surface area (Å²) >= 11 is 5.96. The van der Waals surface area contributed by atoms with Gasteiger partial charge in [-0.15, -0.1) is 0 Å². The fourth-order valence-electron chi connectivity index (χ4n) is 3.04. The van der Waals surface area contributed by atoms with Gasteiger partial charge in [-0.05, 0) is 43.4 Å².